The molecular formula is C25H33NO5. The van der Waals surface area contributed by atoms with E-state index in [4.69, 9.17) is 14.2 Å². The number of ether oxygens (including phenoxy) is 3. The van der Waals surface area contributed by atoms with Crippen LogP contribution in [0.4, 0.5) is 0 Å². The molecule has 1 aromatic heterocycles. The maximum Gasteiger partial charge on any atom is 0.355 e. The molecule has 0 unspecified atom stereocenters. The summed E-state index contributed by atoms with van der Waals surface area (Å²) >= 11 is 0. The van der Waals surface area contributed by atoms with Gasteiger partial charge in [0.25, 0.3) is 0 Å². The molecule has 1 heterocycles. The van der Waals surface area contributed by atoms with Gasteiger partial charge in [-0.15, -0.1) is 0 Å². The van der Waals surface area contributed by atoms with E-state index in [2.05, 4.69) is 11.9 Å². The highest BCUT2D eigenvalue weighted by Crippen LogP contribution is 2.38. The van der Waals surface area contributed by atoms with Crippen molar-refractivity contribution in [3.63, 3.8) is 0 Å². The monoisotopic (exact) mass is 427 g/mol. The molecule has 6 nitrogen and oxygen atoms in total. The van der Waals surface area contributed by atoms with Crippen LogP contribution >= 0.6 is 0 Å². The summed E-state index contributed by atoms with van der Waals surface area (Å²) in [5, 5.41) is 0. The molecule has 6 heteroatoms. The number of Topliss-reactive ketones (excluding diaryl/α,β-unsaturated/α-hetero) is 1. The summed E-state index contributed by atoms with van der Waals surface area (Å²) in [5.74, 6) is 0.986. The smallest absolute Gasteiger partial charge is 0.355 e. The molecule has 0 amide bonds. The molecule has 0 bridgehead atoms. The average Bonchev–Trinajstić information content (AvgIpc) is 3.12. The van der Waals surface area contributed by atoms with E-state index in [-0.39, 0.29) is 17.7 Å². The quantitative estimate of drug-likeness (QED) is 0.407. The van der Waals surface area contributed by atoms with E-state index in [1.807, 2.05) is 25.1 Å². The van der Waals surface area contributed by atoms with Crippen molar-refractivity contribution in [2.45, 2.75) is 64.7 Å². The van der Waals surface area contributed by atoms with Gasteiger partial charge in [-0.05, 0) is 48.9 Å². The second-order valence-corrected chi connectivity index (χ2v) is 8.17. The number of hydrogen-bond acceptors (Lipinski definition) is 5. The predicted molar refractivity (Wildman–Crippen MR) is 120 cm³/mol. The molecule has 0 saturated heterocycles. The number of rotatable bonds is 10. The third-order valence-electron chi connectivity index (χ3n) is 6.05. The minimum Gasteiger partial charge on any atom is -0.493 e. The molecule has 1 aromatic carbocycles. The van der Waals surface area contributed by atoms with Crippen molar-refractivity contribution in [2.75, 3.05) is 20.8 Å². The Hall–Kier alpha value is -2.76. The van der Waals surface area contributed by atoms with E-state index in [0.29, 0.717) is 47.8 Å². The number of aromatic amines is 1. The van der Waals surface area contributed by atoms with Crippen LogP contribution in [0.5, 0.6) is 11.5 Å². The highest BCUT2D eigenvalue weighted by molar-refractivity contribution is 6.03. The van der Waals surface area contributed by atoms with Crippen molar-refractivity contribution in [1.29, 1.82) is 0 Å². The highest BCUT2D eigenvalue weighted by atomic mass is 16.5. The topological polar surface area (TPSA) is 77.6 Å². The van der Waals surface area contributed by atoms with Crippen molar-refractivity contribution in [3.8, 4) is 11.5 Å². The maximum atomic E-state index is 12.9. The number of hydrogen-bond donors (Lipinski definition) is 1. The number of unbranched alkanes of at least 4 members (excludes halogenated alkanes) is 4. The summed E-state index contributed by atoms with van der Waals surface area (Å²) in [5.41, 5.74) is 3.57. The number of carbonyl (C=O) groups is 2. The number of fused-ring (bicyclic) bond motifs is 1. The van der Waals surface area contributed by atoms with Gasteiger partial charge in [-0.1, -0.05) is 38.7 Å². The third kappa shape index (κ3) is 5.12. The van der Waals surface area contributed by atoms with Crippen LogP contribution in [0.25, 0.3) is 0 Å². The van der Waals surface area contributed by atoms with Crippen molar-refractivity contribution in [1.82, 2.24) is 4.98 Å². The lowest BCUT2D eigenvalue weighted by atomic mass is 9.81. The molecule has 1 aliphatic carbocycles. The zero-order valence-corrected chi connectivity index (χ0v) is 19.0. The first-order chi connectivity index (χ1) is 15.0. The fourth-order valence-electron chi connectivity index (χ4n) is 4.32. The van der Waals surface area contributed by atoms with Crippen LogP contribution in [0, 0.1) is 6.92 Å². The van der Waals surface area contributed by atoms with Crippen LogP contribution < -0.4 is 9.47 Å². The average molecular weight is 428 g/mol. The van der Waals surface area contributed by atoms with E-state index in [1.165, 1.54) is 12.8 Å². The first-order valence-electron chi connectivity index (χ1n) is 11.1. The Bertz CT molecular complexity index is 930. The number of aromatic nitrogens is 1. The summed E-state index contributed by atoms with van der Waals surface area (Å²) in [6.45, 7) is 4.41. The molecular weight excluding hydrogens is 394 g/mol. The van der Waals surface area contributed by atoms with E-state index in [0.717, 1.165) is 30.5 Å². The summed E-state index contributed by atoms with van der Waals surface area (Å²) in [6.07, 6.45) is 6.54. The van der Waals surface area contributed by atoms with Crippen molar-refractivity contribution in [3.05, 3.63) is 46.3 Å². The molecule has 3 rings (SSSR count). The van der Waals surface area contributed by atoms with Crippen LogP contribution in [-0.2, 0) is 11.2 Å². The Morgan fingerprint density at radius 2 is 1.81 bits per heavy atom. The normalized spacial score (nSPS) is 15.5. The summed E-state index contributed by atoms with van der Waals surface area (Å²) in [6, 6.07) is 5.75. The molecule has 0 spiro atoms. The number of ketones is 1. The van der Waals surface area contributed by atoms with Crippen molar-refractivity contribution in [2.24, 2.45) is 0 Å². The van der Waals surface area contributed by atoms with E-state index < -0.39 is 0 Å². The molecule has 0 saturated carbocycles. The zero-order chi connectivity index (χ0) is 22.4. The number of methoxy groups -OCH3 is 2. The first-order valence-corrected chi connectivity index (χ1v) is 11.1. The lowest BCUT2D eigenvalue weighted by Crippen LogP contribution is -2.18. The fourth-order valence-corrected chi connectivity index (χ4v) is 4.32. The Morgan fingerprint density at radius 1 is 1.06 bits per heavy atom. The minimum absolute atomic E-state index is 0.0142. The van der Waals surface area contributed by atoms with Gasteiger partial charge in [-0.2, -0.15) is 0 Å². The van der Waals surface area contributed by atoms with Crippen LogP contribution in [0.2, 0.25) is 0 Å². The van der Waals surface area contributed by atoms with Crippen LogP contribution in [0.15, 0.2) is 18.2 Å². The van der Waals surface area contributed by atoms with Gasteiger partial charge in [0, 0.05) is 17.7 Å². The summed E-state index contributed by atoms with van der Waals surface area (Å²) < 4.78 is 16.2. The summed E-state index contributed by atoms with van der Waals surface area (Å²) in [7, 11) is 3.20. The molecule has 0 aliphatic heterocycles. The first kappa shape index (κ1) is 22.9. The third-order valence-corrected chi connectivity index (χ3v) is 6.05. The van der Waals surface area contributed by atoms with Crippen LogP contribution in [-0.4, -0.2) is 37.6 Å². The molecule has 168 valence electrons. The van der Waals surface area contributed by atoms with Gasteiger partial charge < -0.3 is 19.2 Å². The van der Waals surface area contributed by atoms with Crippen LogP contribution in [0.3, 0.4) is 0 Å². The Kier molecular flexibility index (Phi) is 7.77. The second-order valence-electron chi connectivity index (χ2n) is 8.17. The molecule has 31 heavy (non-hydrogen) atoms. The van der Waals surface area contributed by atoms with E-state index >= 15 is 0 Å². The Morgan fingerprint density at radius 3 is 2.52 bits per heavy atom. The standard InChI is InChI=1S/C25H33NO5/c1-5-6-7-8-9-12-31-25(28)24-16(2)23-19(26-24)13-18(14-20(23)27)17-10-11-21(29-3)22(15-17)30-4/h10-11,15,18,26H,5-9,12-14H2,1-4H3/t18-/m1/s1. The van der Waals surface area contributed by atoms with E-state index in [1.54, 1.807) is 14.2 Å². The largest absolute Gasteiger partial charge is 0.493 e. The second kappa shape index (κ2) is 10.5. The number of carbonyl (C=O) groups excluding carboxylic acids is 2. The number of H-pyrrole nitrogens is 1. The molecule has 2 aromatic rings. The Balaban J connectivity index is 1.71. The fraction of sp³-hybridized carbons (Fsp3) is 0.520. The zero-order valence-electron chi connectivity index (χ0n) is 19.0. The molecule has 1 N–H and O–H groups in total. The number of benzene rings is 1. The van der Waals surface area contributed by atoms with Gasteiger partial charge in [0.1, 0.15) is 5.69 Å². The summed E-state index contributed by atoms with van der Waals surface area (Å²) in [4.78, 5) is 28.7. The SMILES string of the molecule is CCCCCCCOC(=O)c1[nH]c2c(c1C)C(=O)C[C@H](c1ccc(OC)c(OC)c1)C2. The number of nitrogens with one attached hydrogen (secondary N) is 1. The molecule has 0 radical (unpaired) electrons. The van der Waals surface area contributed by atoms with E-state index in [9.17, 15) is 9.59 Å². The highest BCUT2D eigenvalue weighted by Gasteiger charge is 2.32. The lowest BCUT2D eigenvalue weighted by Gasteiger charge is -2.23. The predicted octanol–water partition coefficient (Wildman–Crippen LogP) is 5.38. The van der Waals surface area contributed by atoms with Gasteiger partial charge in [0.2, 0.25) is 0 Å². The van der Waals surface area contributed by atoms with Gasteiger partial charge in [0.05, 0.1) is 20.8 Å². The van der Waals surface area contributed by atoms with Gasteiger partial charge in [-0.25, -0.2) is 4.79 Å². The van der Waals surface area contributed by atoms with Crippen molar-refractivity contribution < 1.29 is 23.8 Å². The van der Waals surface area contributed by atoms with Gasteiger partial charge in [0.15, 0.2) is 17.3 Å². The van der Waals surface area contributed by atoms with Gasteiger partial charge >= 0.3 is 5.97 Å². The maximum absolute atomic E-state index is 12.9. The molecule has 0 fully saturated rings. The minimum atomic E-state index is -0.377. The van der Waals surface area contributed by atoms with Crippen LogP contribution in [0.1, 0.15) is 89.0 Å². The number of esters is 1. The molecule has 1 aliphatic rings. The molecule has 1 atom stereocenters. The Labute approximate surface area is 184 Å². The van der Waals surface area contributed by atoms with Gasteiger partial charge in [-0.3, -0.25) is 4.79 Å². The van der Waals surface area contributed by atoms with Crippen molar-refractivity contribution >= 4 is 11.8 Å². The lowest BCUT2D eigenvalue weighted by molar-refractivity contribution is 0.0490.